The molecule has 0 aromatic carbocycles. The molecule has 0 aliphatic carbocycles. The van der Waals surface area contributed by atoms with Crippen molar-refractivity contribution in [2.24, 2.45) is 0 Å². The van der Waals surface area contributed by atoms with Crippen LogP contribution in [0.3, 0.4) is 0 Å². The summed E-state index contributed by atoms with van der Waals surface area (Å²) in [4.78, 5) is 0. The van der Waals surface area contributed by atoms with Crippen LogP contribution in [0.25, 0.3) is 0 Å². The number of rotatable bonds is 0. The van der Waals surface area contributed by atoms with Crippen molar-refractivity contribution >= 4 is 37.2 Å². The van der Waals surface area contributed by atoms with E-state index in [4.69, 9.17) is 4.46 Å². The third kappa shape index (κ3) is 9.43. The van der Waals surface area contributed by atoms with Gasteiger partial charge in [0.15, 0.2) is 0 Å². The first kappa shape index (κ1) is 9.16. The first-order chi connectivity index (χ1) is 1.41. The van der Waals surface area contributed by atoms with E-state index < -0.39 is 0 Å². The third-order valence-corrected chi connectivity index (χ3v) is 0. The molecule has 0 saturated carbocycles. The maximum atomic E-state index is 9.07. The fraction of sp³-hybridized carbons (Fsp3) is 0. The SMILES string of the molecule is O=[SiH][Zn].[NaH]. The molecule has 0 spiro atoms. The molecule has 1 nitrogen and oxygen atoms in total. The minimum absolute atomic E-state index is 0. The van der Waals surface area contributed by atoms with Crippen LogP contribution in [0, 0.1) is 0 Å². The molecule has 4 heteroatoms. The molecular formula is H2NaOSiZn. The maximum absolute atomic E-state index is 9.07. The van der Waals surface area contributed by atoms with E-state index in [1.54, 1.807) is 0 Å². The second kappa shape index (κ2) is 8.82. The molecule has 0 radical (unpaired) electrons. The fourth-order valence-corrected chi connectivity index (χ4v) is 0. The van der Waals surface area contributed by atoms with Gasteiger partial charge in [-0.15, -0.1) is 0 Å². The van der Waals surface area contributed by atoms with E-state index in [0.717, 1.165) is 17.6 Å². The van der Waals surface area contributed by atoms with Gasteiger partial charge in [-0.2, -0.15) is 0 Å². The van der Waals surface area contributed by atoms with Crippen LogP contribution in [0.15, 0.2) is 0 Å². The minimum atomic E-state index is -0.375. The molecule has 0 aliphatic heterocycles. The molecule has 0 fully saturated rings. The van der Waals surface area contributed by atoms with Crippen LogP contribution in [0.4, 0.5) is 0 Å². The molecule has 0 rings (SSSR count). The van der Waals surface area contributed by atoms with Gasteiger partial charge < -0.3 is 0 Å². The molecular weight excluding hydrogens is 132 g/mol. The molecule has 0 atom stereocenters. The summed E-state index contributed by atoms with van der Waals surface area (Å²) in [5, 5.41) is 0. The zero-order valence-electron chi connectivity index (χ0n) is 1.69. The summed E-state index contributed by atoms with van der Waals surface area (Å²) < 4.78 is 9.07. The Balaban J connectivity index is 0. The van der Waals surface area contributed by atoms with Crippen molar-refractivity contribution in [1.29, 1.82) is 0 Å². The van der Waals surface area contributed by atoms with Gasteiger partial charge in [-0.05, 0) is 0 Å². The van der Waals surface area contributed by atoms with Gasteiger partial charge in [-0.3, -0.25) is 0 Å². The standard InChI is InChI=1S/Na.HOSi.Zn.H/c;1-2;;/h;2H;;. The molecule has 0 aromatic rings. The predicted octanol–water partition coefficient (Wildman–Crippen LogP) is -1.42. The average molecular weight is 134 g/mol. The molecule has 0 N–H and O–H groups in total. The Labute approximate surface area is 58.7 Å². The summed E-state index contributed by atoms with van der Waals surface area (Å²) in [5.74, 6) is 0. The van der Waals surface area contributed by atoms with Crippen LogP contribution in [0.1, 0.15) is 0 Å². The van der Waals surface area contributed by atoms with E-state index in [9.17, 15) is 0 Å². The van der Waals surface area contributed by atoms with Crippen LogP contribution in [0.5, 0.6) is 0 Å². The fourth-order valence-electron chi connectivity index (χ4n) is 0. The molecule has 0 aromatic heterocycles. The van der Waals surface area contributed by atoms with E-state index in [-0.39, 0.29) is 37.2 Å². The zero-order valence-corrected chi connectivity index (χ0v) is 5.81. The van der Waals surface area contributed by atoms with Gasteiger partial charge >= 0.3 is 59.3 Å². The van der Waals surface area contributed by atoms with E-state index in [1.165, 1.54) is 0 Å². The first-order valence-corrected chi connectivity index (χ1v) is 7.07. The second-order valence-electron chi connectivity index (χ2n) is 0.167. The third-order valence-electron chi connectivity index (χ3n) is 0. The van der Waals surface area contributed by atoms with Crippen LogP contribution >= 0.6 is 0 Å². The first-order valence-electron chi connectivity index (χ1n) is 0.644. The Morgan fingerprint density at radius 3 is 1.75 bits per heavy atom. The van der Waals surface area contributed by atoms with E-state index >= 15 is 0 Å². The van der Waals surface area contributed by atoms with Gasteiger partial charge in [0.05, 0.1) is 0 Å². The normalized spacial score (nSPS) is 3.50. The molecule has 0 heterocycles. The average Bonchev–Trinajstić information content (AvgIpc) is 0.918. The molecule has 0 amide bonds. The zero-order chi connectivity index (χ0) is 2.71. The Morgan fingerprint density at radius 2 is 1.75 bits per heavy atom. The van der Waals surface area contributed by atoms with Crippen molar-refractivity contribution in [2.75, 3.05) is 0 Å². The van der Waals surface area contributed by atoms with E-state index in [2.05, 4.69) is 0 Å². The quantitative estimate of drug-likeness (QED) is 0.372. The van der Waals surface area contributed by atoms with Crippen molar-refractivity contribution < 1.29 is 22.1 Å². The molecule has 0 unspecified atom stereocenters. The van der Waals surface area contributed by atoms with Gasteiger partial charge in [0.2, 0.25) is 0 Å². The van der Waals surface area contributed by atoms with Crippen molar-refractivity contribution in [3.05, 3.63) is 0 Å². The van der Waals surface area contributed by atoms with E-state index in [1.807, 2.05) is 0 Å². The van der Waals surface area contributed by atoms with Gasteiger partial charge in [-0.25, -0.2) is 0 Å². The van der Waals surface area contributed by atoms with Crippen molar-refractivity contribution in [1.82, 2.24) is 0 Å². The molecule has 0 aliphatic rings. The molecule has 4 heavy (non-hydrogen) atoms. The van der Waals surface area contributed by atoms with Crippen LogP contribution in [-0.2, 0) is 22.1 Å². The summed E-state index contributed by atoms with van der Waals surface area (Å²) in [6.07, 6.45) is 0. The summed E-state index contributed by atoms with van der Waals surface area (Å²) in [6, 6.07) is 0. The van der Waals surface area contributed by atoms with E-state index in [0.29, 0.717) is 0 Å². The van der Waals surface area contributed by atoms with Crippen molar-refractivity contribution in [2.45, 2.75) is 0 Å². The van der Waals surface area contributed by atoms with Crippen molar-refractivity contribution in [3.8, 4) is 0 Å². The summed E-state index contributed by atoms with van der Waals surface area (Å²) >= 11 is 0.972. The van der Waals surface area contributed by atoms with Crippen LogP contribution < -0.4 is 0 Å². The number of hydrogen-bond acceptors (Lipinski definition) is 1. The van der Waals surface area contributed by atoms with Gasteiger partial charge in [0.25, 0.3) is 0 Å². The molecule has 15 valence electrons. The second-order valence-corrected chi connectivity index (χ2v) is 2.60. The predicted molar refractivity (Wildman–Crippen MR) is 15.0 cm³/mol. The van der Waals surface area contributed by atoms with Crippen LogP contribution in [0.2, 0.25) is 0 Å². The Hall–Kier alpha value is 1.64. The van der Waals surface area contributed by atoms with Gasteiger partial charge in [-0.1, -0.05) is 0 Å². The van der Waals surface area contributed by atoms with Crippen LogP contribution in [-0.4, -0.2) is 37.2 Å². The van der Waals surface area contributed by atoms with Gasteiger partial charge in [0.1, 0.15) is 0 Å². The summed E-state index contributed by atoms with van der Waals surface area (Å²) in [7, 11) is -0.375. The van der Waals surface area contributed by atoms with Crippen molar-refractivity contribution in [3.63, 3.8) is 0 Å². The topological polar surface area (TPSA) is 17.1 Å². The molecule has 0 bridgehead atoms. The monoisotopic (exact) mass is 133 g/mol. The van der Waals surface area contributed by atoms with Gasteiger partial charge in [0, 0.05) is 0 Å². The Bertz CT molecular complexity index is 15.5. The Kier molecular flexibility index (Phi) is 20.2. The molecule has 0 saturated heterocycles. The summed E-state index contributed by atoms with van der Waals surface area (Å²) in [6.45, 7) is 0. The Morgan fingerprint density at radius 1 is 1.75 bits per heavy atom. The number of hydrogen-bond donors (Lipinski definition) is 0. The summed E-state index contributed by atoms with van der Waals surface area (Å²) in [5.41, 5.74) is 0.